The van der Waals surface area contributed by atoms with Crippen LogP contribution in [0.1, 0.15) is 26.7 Å². The first-order valence-corrected chi connectivity index (χ1v) is 5.91. The Morgan fingerprint density at radius 3 is 2.38 bits per heavy atom. The van der Waals surface area contributed by atoms with E-state index >= 15 is 0 Å². The minimum absolute atomic E-state index is 0.160. The molecule has 0 amide bonds. The molecule has 0 unspecified atom stereocenters. The molecule has 1 fully saturated rings. The van der Waals surface area contributed by atoms with Gasteiger partial charge in [0.1, 0.15) is 6.61 Å². The highest BCUT2D eigenvalue weighted by Gasteiger charge is 2.29. The quantitative estimate of drug-likeness (QED) is 0.749. The van der Waals surface area contributed by atoms with Crippen LogP contribution < -0.4 is 5.32 Å². The third-order valence-electron chi connectivity index (χ3n) is 3.14. The van der Waals surface area contributed by atoms with Gasteiger partial charge in [-0.3, -0.25) is 0 Å². The molecule has 0 spiro atoms. The molecular formula is C11H22F2N2O. The summed E-state index contributed by atoms with van der Waals surface area (Å²) < 4.78 is 25.6. The van der Waals surface area contributed by atoms with E-state index in [0.29, 0.717) is 6.04 Å². The molecule has 1 saturated heterocycles. The van der Waals surface area contributed by atoms with E-state index in [1.807, 2.05) is 0 Å². The van der Waals surface area contributed by atoms with Gasteiger partial charge in [-0.15, -0.1) is 0 Å². The Morgan fingerprint density at radius 2 is 1.94 bits per heavy atom. The fraction of sp³-hybridized carbons (Fsp3) is 1.00. The van der Waals surface area contributed by atoms with Crippen molar-refractivity contribution in [3.05, 3.63) is 0 Å². The predicted octanol–water partition coefficient (Wildman–Crippen LogP) is 1.08. The molecule has 0 aromatic heterocycles. The number of rotatable bonds is 5. The average Bonchev–Trinajstić information content (AvgIpc) is 2.27. The highest BCUT2D eigenvalue weighted by molar-refractivity contribution is 4.80. The van der Waals surface area contributed by atoms with Gasteiger partial charge in [0.2, 0.25) is 0 Å². The Labute approximate surface area is 95.8 Å². The zero-order valence-electron chi connectivity index (χ0n) is 10.0. The fourth-order valence-electron chi connectivity index (χ4n) is 1.97. The lowest BCUT2D eigenvalue weighted by Crippen LogP contribution is -2.48. The molecule has 96 valence electrons. The van der Waals surface area contributed by atoms with Crippen LogP contribution in [0.4, 0.5) is 8.78 Å². The van der Waals surface area contributed by atoms with Crippen molar-refractivity contribution >= 4 is 0 Å². The van der Waals surface area contributed by atoms with Crippen LogP contribution >= 0.6 is 0 Å². The molecule has 0 saturated carbocycles. The van der Waals surface area contributed by atoms with E-state index in [1.54, 1.807) is 0 Å². The molecule has 1 aliphatic rings. The molecule has 5 heteroatoms. The van der Waals surface area contributed by atoms with E-state index in [-0.39, 0.29) is 6.04 Å². The summed E-state index contributed by atoms with van der Waals surface area (Å²) in [6.07, 6.45) is 1.80. The minimum Gasteiger partial charge on any atom is -0.390 e. The van der Waals surface area contributed by atoms with Crippen molar-refractivity contribution in [3.63, 3.8) is 0 Å². The van der Waals surface area contributed by atoms with Gasteiger partial charge >= 0.3 is 0 Å². The molecule has 0 bridgehead atoms. The van der Waals surface area contributed by atoms with Crippen molar-refractivity contribution in [2.75, 3.05) is 26.2 Å². The number of hydrogen-bond acceptors (Lipinski definition) is 3. The topological polar surface area (TPSA) is 35.5 Å². The highest BCUT2D eigenvalue weighted by Crippen LogP contribution is 2.15. The lowest BCUT2D eigenvalue weighted by atomic mass is 10.0. The van der Waals surface area contributed by atoms with Gasteiger partial charge < -0.3 is 15.3 Å². The first kappa shape index (κ1) is 13.8. The van der Waals surface area contributed by atoms with Gasteiger partial charge in [-0.1, -0.05) is 0 Å². The maximum atomic E-state index is 12.8. The summed E-state index contributed by atoms with van der Waals surface area (Å²) in [4.78, 5) is 2.35. The number of halogens is 2. The molecule has 0 aromatic rings. The van der Waals surface area contributed by atoms with Gasteiger partial charge in [0.05, 0.1) is 6.54 Å². The highest BCUT2D eigenvalue weighted by atomic mass is 19.3. The zero-order valence-corrected chi connectivity index (χ0v) is 10.0. The Balaban J connectivity index is 2.22. The summed E-state index contributed by atoms with van der Waals surface area (Å²) in [7, 11) is 0. The van der Waals surface area contributed by atoms with Crippen molar-refractivity contribution in [1.82, 2.24) is 10.2 Å². The van der Waals surface area contributed by atoms with Crippen LogP contribution in [0.25, 0.3) is 0 Å². The van der Waals surface area contributed by atoms with Gasteiger partial charge in [-0.25, -0.2) is 8.78 Å². The number of likely N-dealkylation sites (tertiary alicyclic amines) is 1. The van der Waals surface area contributed by atoms with E-state index in [1.165, 1.54) is 0 Å². The maximum Gasteiger partial charge on any atom is 0.282 e. The van der Waals surface area contributed by atoms with Crippen molar-refractivity contribution in [2.45, 2.75) is 44.7 Å². The van der Waals surface area contributed by atoms with Crippen molar-refractivity contribution in [3.8, 4) is 0 Å². The zero-order chi connectivity index (χ0) is 12.2. The van der Waals surface area contributed by atoms with E-state index in [4.69, 9.17) is 5.11 Å². The SMILES string of the molecule is CC(C)N1CCC(NCC(F)(F)CO)CC1. The van der Waals surface area contributed by atoms with Crippen LogP contribution in [0.2, 0.25) is 0 Å². The molecule has 0 atom stereocenters. The Bertz CT molecular complexity index is 204. The largest absolute Gasteiger partial charge is 0.390 e. The van der Waals surface area contributed by atoms with E-state index in [0.717, 1.165) is 25.9 Å². The third kappa shape index (κ3) is 4.31. The molecule has 2 N–H and O–H groups in total. The van der Waals surface area contributed by atoms with Gasteiger partial charge in [0.15, 0.2) is 0 Å². The molecule has 3 nitrogen and oxygen atoms in total. The van der Waals surface area contributed by atoms with Crippen molar-refractivity contribution < 1.29 is 13.9 Å². The Kier molecular flexibility index (Phi) is 5.08. The molecule has 0 aromatic carbocycles. The second-order valence-electron chi connectivity index (χ2n) is 4.80. The third-order valence-corrected chi connectivity index (χ3v) is 3.14. The number of aliphatic hydroxyl groups excluding tert-OH is 1. The summed E-state index contributed by atoms with van der Waals surface area (Å²) in [5.74, 6) is -2.99. The van der Waals surface area contributed by atoms with Gasteiger partial charge in [0.25, 0.3) is 5.92 Å². The fourth-order valence-corrected chi connectivity index (χ4v) is 1.97. The molecule has 1 rings (SSSR count). The van der Waals surface area contributed by atoms with Gasteiger partial charge in [-0.2, -0.15) is 0 Å². The normalized spacial score (nSPS) is 20.6. The van der Waals surface area contributed by atoms with Crippen molar-refractivity contribution in [2.24, 2.45) is 0 Å². The molecule has 16 heavy (non-hydrogen) atoms. The molecule has 0 radical (unpaired) electrons. The summed E-state index contributed by atoms with van der Waals surface area (Å²) >= 11 is 0. The standard InChI is InChI=1S/C11H22F2N2O/c1-9(2)15-5-3-10(4-6-15)14-7-11(12,13)8-16/h9-10,14,16H,3-8H2,1-2H3. The maximum absolute atomic E-state index is 12.8. The predicted molar refractivity (Wildman–Crippen MR) is 59.8 cm³/mol. The summed E-state index contributed by atoms with van der Waals surface area (Å²) in [5.41, 5.74) is 0. The molecular weight excluding hydrogens is 214 g/mol. The van der Waals surface area contributed by atoms with Gasteiger partial charge in [-0.05, 0) is 39.8 Å². The number of alkyl halides is 2. The minimum atomic E-state index is -2.99. The second-order valence-corrected chi connectivity index (χ2v) is 4.80. The number of hydrogen-bond donors (Lipinski definition) is 2. The number of nitrogens with zero attached hydrogens (tertiary/aromatic N) is 1. The van der Waals surface area contributed by atoms with E-state index in [2.05, 4.69) is 24.1 Å². The smallest absolute Gasteiger partial charge is 0.282 e. The second kappa shape index (κ2) is 5.89. The van der Waals surface area contributed by atoms with Gasteiger partial charge in [0, 0.05) is 12.1 Å². The van der Waals surface area contributed by atoms with Crippen LogP contribution in [-0.2, 0) is 0 Å². The summed E-state index contributed by atoms with van der Waals surface area (Å²) in [6.45, 7) is 4.71. The Hall–Kier alpha value is -0.260. The number of nitrogens with one attached hydrogen (secondary N) is 1. The number of aliphatic hydroxyl groups is 1. The lowest BCUT2D eigenvalue weighted by Gasteiger charge is -2.35. The Morgan fingerprint density at radius 1 is 1.38 bits per heavy atom. The molecule has 0 aliphatic carbocycles. The first-order valence-electron chi connectivity index (χ1n) is 5.91. The monoisotopic (exact) mass is 236 g/mol. The van der Waals surface area contributed by atoms with Crippen LogP contribution in [0, 0.1) is 0 Å². The van der Waals surface area contributed by atoms with Crippen molar-refractivity contribution in [1.29, 1.82) is 0 Å². The van der Waals surface area contributed by atoms with E-state index < -0.39 is 19.1 Å². The number of piperidine rings is 1. The van der Waals surface area contributed by atoms with Crippen LogP contribution in [0.3, 0.4) is 0 Å². The van der Waals surface area contributed by atoms with Crippen LogP contribution in [-0.4, -0.2) is 54.3 Å². The summed E-state index contributed by atoms with van der Waals surface area (Å²) in [6, 6.07) is 0.687. The molecule has 1 aliphatic heterocycles. The summed E-state index contributed by atoms with van der Waals surface area (Å²) in [5, 5.41) is 11.3. The molecule has 1 heterocycles. The van der Waals surface area contributed by atoms with Crippen LogP contribution in [0.5, 0.6) is 0 Å². The van der Waals surface area contributed by atoms with E-state index in [9.17, 15) is 8.78 Å². The average molecular weight is 236 g/mol. The first-order chi connectivity index (χ1) is 7.44. The van der Waals surface area contributed by atoms with Crippen LogP contribution in [0.15, 0.2) is 0 Å². The lowest BCUT2D eigenvalue weighted by molar-refractivity contribution is -0.0505.